The highest BCUT2D eigenvalue weighted by atomic mass is 15.3. The monoisotopic (exact) mass is 229 g/mol. The van der Waals surface area contributed by atoms with E-state index in [4.69, 9.17) is 5.73 Å². The van der Waals surface area contributed by atoms with E-state index in [1.165, 1.54) is 11.1 Å². The van der Waals surface area contributed by atoms with Crippen LogP contribution in [0.1, 0.15) is 18.1 Å². The minimum Gasteiger partial charge on any atom is -0.330 e. The van der Waals surface area contributed by atoms with E-state index in [-0.39, 0.29) is 0 Å². The van der Waals surface area contributed by atoms with Gasteiger partial charge in [0.1, 0.15) is 0 Å². The van der Waals surface area contributed by atoms with Crippen molar-refractivity contribution in [2.24, 2.45) is 11.7 Å². The van der Waals surface area contributed by atoms with E-state index >= 15 is 0 Å². The van der Waals surface area contributed by atoms with Crippen LogP contribution in [0.25, 0.3) is 0 Å². The molecule has 0 aliphatic carbocycles. The Labute approximate surface area is 102 Å². The summed E-state index contributed by atoms with van der Waals surface area (Å²) in [5, 5.41) is 4.37. The summed E-state index contributed by atoms with van der Waals surface area (Å²) in [6.07, 6.45) is 5.06. The molecule has 1 aromatic carbocycles. The van der Waals surface area contributed by atoms with Crippen molar-refractivity contribution >= 4 is 0 Å². The second-order valence-corrected chi connectivity index (χ2v) is 4.58. The van der Waals surface area contributed by atoms with E-state index in [1.807, 2.05) is 16.9 Å². The highest BCUT2D eigenvalue weighted by Gasteiger charge is 2.04. The van der Waals surface area contributed by atoms with Crippen LogP contribution < -0.4 is 5.73 Å². The maximum absolute atomic E-state index is 5.62. The molecule has 3 heteroatoms. The first-order valence-corrected chi connectivity index (χ1v) is 6.03. The van der Waals surface area contributed by atoms with E-state index in [9.17, 15) is 0 Å². The fourth-order valence-electron chi connectivity index (χ4n) is 1.85. The molecule has 1 atom stereocenters. The van der Waals surface area contributed by atoms with Gasteiger partial charge in [0.05, 0.1) is 12.7 Å². The van der Waals surface area contributed by atoms with Crippen LogP contribution in [-0.4, -0.2) is 16.3 Å². The Morgan fingerprint density at radius 1 is 1.24 bits per heavy atom. The van der Waals surface area contributed by atoms with Gasteiger partial charge in [0.2, 0.25) is 0 Å². The minimum absolute atomic E-state index is 0.518. The van der Waals surface area contributed by atoms with Crippen LogP contribution in [0.3, 0.4) is 0 Å². The van der Waals surface area contributed by atoms with Gasteiger partial charge in [-0.1, -0.05) is 37.3 Å². The summed E-state index contributed by atoms with van der Waals surface area (Å²) < 4.78 is 1.98. The zero-order valence-corrected chi connectivity index (χ0v) is 10.2. The molecule has 0 aliphatic rings. The lowest BCUT2D eigenvalue weighted by Gasteiger charge is -2.05. The van der Waals surface area contributed by atoms with Crippen LogP contribution in [0.4, 0.5) is 0 Å². The molecule has 0 radical (unpaired) electrons. The largest absolute Gasteiger partial charge is 0.330 e. The lowest BCUT2D eigenvalue weighted by Crippen LogP contribution is -2.12. The summed E-state index contributed by atoms with van der Waals surface area (Å²) in [6.45, 7) is 3.72. The van der Waals surface area contributed by atoms with Crippen molar-refractivity contribution in [2.45, 2.75) is 19.9 Å². The SMILES string of the molecule is CC(CN)Cc1cnn(Cc2ccccc2)c1. The Kier molecular flexibility index (Phi) is 3.94. The Bertz CT molecular complexity index is 448. The number of rotatable bonds is 5. The van der Waals surface area contributed by atoms with Gasteiger partial charge in [-0.25, -0.2) is 0 Å². The van der Waals surface area contributed by atoms with E-state index in [0.717, 1.165) is 19.5 Å². The Morgan fingerprint density at radius 3 is 2.71 bits per heavy atom. The number of hydrogen-bond acceptors (Lipinski definition) is 2. The van der Waals surface area contributed by atoms with Crippen LogP contribution in [-0.2, 0) is 13.0 Å². The van der Waals surface area contributed by atoms with Crippen LogP contribution in [0, 0.1) is 5.92 Å². The summed E-state index contributed by atoms with van der Waals surface area (Å²) >= 11 is 0. The first-order chi connectivity index (χ1) is 8.28. The molecule has 2 rings (SSSR count). The van der Waals surface area contributed by atoms with Gasteiger partial charge in [0.15, 0.2) is 0 Å². The van der Waals surface area contributed by atoms with Gasteiger partial charge in [-0.3, -0.25) is 4.68 Å². The van der Waals surface area contributed by atoms with Gasteiger partial charge in [0.25, 0.3) is 0 Å². The lowest BCUT2D eigenvalue weighted by atomic mass is 10.0. The molecule has 1 unspecified atom stereocenters. The van der Waals surface area contributed by atoms with Gasteiger partial charge in [-0.15, -0.1) is 0 Å². The van der Waals surface area contributed by atoms with Crippen molar-refractivity contribution in [2.75, 3.05) is 6.54 Å². The molecule has 0 aliphatic heterocycles. The summed E-state index contributed by atoms with van der Waals surface area (Å²) in [4.78, 5) is 0. The average molecular weight is 229 g/mol. The molecule has 0 spiro atoms. The van der Waals surface area contributed by atoms with Crippen LogP contribution in [0.2, 0.25) is 0 Å². The molecule has 17 heavy (non-hydrogen) atoms. The summed E-state index contributed by atoms with van der Waals surface area (Å²) in [5.74, 6) is 0.518. The molecular formula is C14H19N3. The summed E-state index contributed by atoms with van der Waals surface area (Å²) in [6, 6.07) is 10.4. The minimum atomic E-state index is 0.518. The summed E-state index contributed by atoms with van der Waals surface area (Å²) in [5.41, 5.74) is 8.16. The summed E-state index contributed by atoms with van der Waals surface area (Å²) in [7, 11) is 0. The van der Waals surface area contributed by atoms with E-state index in [2.05, 4.69) is 42.5 Å². The number of benzene rings is 1. The van der Waals surface area contributed by atoms with Gasteiger partial charge in [-0.05, 0) is 30.0 Å². The van der Waals surface area contributed by atoms with Crippen molar-refractivity contribution in [3.8, 4) is 0 Å². The molecule has 90 valence electrons. The fourth-order valence-corrected chi connectivity index (χ4v) is 1.85. The van der Waals surface area contributed by atoms with Crippen LogP contribution >= 0.6 is 0 Å². The number of nitrogens with two attached hydrogens (primary N) is 1. The number of aromatic nitrogens is 2. The van der Waals surface area contributed by atoms with Crippen molar-refractivity contribution in [1.82, 2.24) is 9.78 Å². The smallest absolute Gasteiger partial charge is 0.0659 e. The van der Waals surface area contributed by atoms with E-state index in [1.54, 1.807) is 0 Å². The third-order valence-corrected chi connectivity index (χ3v) is 2.86. The molecule has 1 aromatic heterocycles. The second-order valence-electron chi connectivity index (χ2n) is 4.58. The highest BCUT2D eigenvalue weighted by Crippen LogP contribution is 2.08. The topological polar surface area (TPSA) is 43.8 Å². The third-order valence-electron chi connectivity index (χ3n) is 2.86. The molecule has 0 fully saturated rings. The Balaban J connectivity index is 1.99. The zero-order valence-electron chi connectivity index (χ0n) is 10.2. The zero-order chi connectivity index (χ0) is 12.1. The van der Waals surface area contributed by atoms with Crippen molar-refractivity contribution < 1.29 is 0 Å². The molecule has 0 saturated heterocycles. The molecule has 2 N–H and O–H groups in total. The second kappa shape index (κ2) is 5.64. The third kappa shape index (κ3) is 3.43. The first kappa shape index (κ1) is 11.9. The highest BCUT2D eigenvalue weighted by molar-refractivity contribution is 5.15. The van der Waals surface area contributed by atoms with E-state index in [0.29, 0.717) is 5.92 Å². The fraction of sp³-hybridized carbons (Fsp3) is 0.357. The van der Waals surface area contributed by atoms with Crippen molar-refractivity contribution in [3.05, 3.63) is 53.9 Å². The lowest BCUT2D eigenvalue weighted by molar-refractivity contribution is 0.592. The maximum Gasteiger partial charge on any atom is 0.0659 e. The average Bonchev–Trinajstić information content (AvgIpc) is 2.77. The van der Waals surface area contributed by atoms with Gasteiger partial charge in [0, 0.05) is 6.20 Å². The van der Waals surface area contributed by atoms with Crippen molar-refractivity contribution in [3.63, 3.8) is 0 Å². The quantitative estimate of drug-likeness (QED) is 0.853. The van der Waals surface area contributed by atoms with Gasteiger partial charge >= 0.3 is 0 Å². The van der Waals surface area contributed by atoms with Crippen molar-refractivity contribution in [1.29, 1.82) is 0 Å². The van der Waals surface area contributed by atoms with E-state index < -0.39 is 0 Å². The Morgan fingerprint density at radius 2 is 2.00 bits per heavy atom. The van der Waals surface area contributed by atoms with Gasteiger partial charge in [-0.2, -0.15) is 5.10 Å². The first-order valence-electron chi connectivity index (χ1n) is 6.03. The normalized spacial score (nSPS) is 12.6. The molecule has 0 bridgehead atoms. The number of hydrogen-bond donors (Lipinski definition) is 1. The Hall–Kier alpha value is -1.61. The number of nitrogens with zero attached hydrogens (tertiary/aromatic N) is 2. The molecule has 2 aromatic rings. The molecule has 1 heterocycles. The van der Waals surface area contributed by atoms with Crippen LogP contribution in [0.15, 0.2) is 42.7 Å². The molecular weight excluding hydrogens is 210 g/mol. The maximum atomic E-state index is 5.62. The predicted octanol–water partition coefficient (Wildman–Crippen LogP) is 2.07. The standard InChI is InChI=1S/C14H19N3/c1-12(8-15)7-14-9-16-17(11-14)10-13-5-3-2-4-6-13/h2-6,9,11-12H,7-8,10,15H2,1H3. The molecule has 3 nitrogen and oxygen atoms in total. The molecule has 0 amide bonds. The van der Waals surface area contributed by atoms with Gasteiger partial charge < -0.3 is 5.73 Å². The predicted molar refractivity (Wildman–Crippen MR) is 69.7 cm³/mol. The van der Waals surface area contributed by atoms with Crippen LogP contribution in [0.5, 0.6) is 0 Å². The molecule has 0 saturated carbocycles.